The Hall–Kier alpha value is -3.80. The number of primary amides is 1. The molecule has 32 heavy (non-hydrogen) atoms. The molecule has 0 aliphatic rings. The molecule has 1 aromatic heterocycles. The first-order valence-corrected chi connectivity index (χ1v) is 10.6. The molecule has 0 fully saturated rings. The maximum atomic E-state index is 11.0. The lowest BCUT2D eigenvalue weighted by Gasteiger charge is -2.11. The number of hydrogen-bond acceptors (Lipinski definition) is 5. The van der Waals surface area contributed by atoms with E-state index in [-0.39, 0.29) is 5.76 Å². The zero-order chi connectivity index (χ0) is 23.3. The number of ether oxygens (including phenoxy) is 2. The van der Waals surface area contributed by atoms with Crippen LogP contribution in [-0.2, 0) is 0 Å². The number of nitrogens with two attached hydrogens (primary N) is 1. The van der Waals surface area contributed by atoms with E-state index in [4.69, 9.17) is 25.0 Å². The first-order chi connectivity index (χ1) is 15.5. The van der Waals surface area contributed by atoms with Crippen molar-refractivity contribution in [2.45, 2.75) is 27.2 Å². The summed E-state index contributed by atoms with van der Waals surface area (Å²) >= 11 is 0. The molecule has 168 valence electrons. The molecule has 0 aliphatic carbocycles. The van der Waals surface area contributed by atoms with Gasteiger partial charge < -0.3 is 25.0 Å². The number of amides is 1. The van der Waals surface area contributed by atoms with Gasteiger partial charge in [-0.05, 0) is 61.7 Å². The van der Waals surface area contributed by atoms with Gasteiger partial charge in [0.15, 0.2) is 17.3 Å². The molecule has 0 bridgehead atoms. The number of rotatable bonds is 9. The van der Waals surface area contributed by atoms with Gasteiger partial charge >= 0.3 is 0 Å². The summed E-state index contributed by atoms with van der Waals surface area (Å²) in [6.07, 6.45) is 10.0. The second-order valence-electron chi connectivity index (χ2n) is 6.75. The molecule has 0 aliphatic heterocycles. The summed E-state index contributed by atoms with van der Waals surface area (Å²) in [5.74, 6) is 1.10. The van der Waals surface area contributed by atoms with Crippen molar-refractivity contribution in [2.24, 2.45) is 5.73 Å². The van der Waals surface area contributed by atoms with Gasteiger partial charge in [-0.3, -0.25) is 4.79 Å². The number of fused-ring (bicyclic) bond motifs is 1. The summed E-state index contributed by atoms with van der Waals surface area (Å²) in [7, 11) is 0. The van der Waals surface area contributed by atoms with E-state index in [1.807, 2.05) is 74.5 Å². The summed E-state index contributed by atoms with van der Waals surface area (Å²) in [5, 5.41) is 8.05. The van der Waals surface area contributed by atoms with Crippen LogP contribution in [0.1, 0.15) is 48.9 Å². The first-order valence-electron chi connectivity index (χ1n) is 10.6. The summed E-state index contributed by atoms with van der Waals surface area (Å²) < 4.78 is 16.3. The number of carbonyl (C=O) groups excluding carboxylic acids is 1. The van der Waals surface area contributed by atoms with Crippen LogP contribution in [0.3, 0.4) is 0 Å². The topological polar surface area (TPSA) is 98.5 Å². The third-order valence-corrected chi connectivity index (χ3v) is 4.31. The molecule has 0 saturated carbocycles. The van der Waals surface area contributed by atoms with Gasteiger partial charge in [-0.25, -0.2) is 0 Å². The Morgan fingerprint density at radius 2 is 1.91 bits per heavy atom. The number of nitrogens with one attached hydrogen (secondary N) is 1. The average molecular weight is 435 g/mol. The molecule has 0 atom stereocenters. The summed E-state index contributed by atoms with van der Waals surface area (Å²) in [6, 6.07) is 12.8. The van der Waals surface area contributed by atoms with E-state index >= 15 is 0 Å². The standard InChI is InChI=1S/C14H13NO2.C12H17NO2/c1-2-3-4-6-10-7-5-8-12-11(10)9-13(17-12)14(15)16;1-3-7-15-11-6-5-10(9-13)8-12(11)14-4-2/h2-9H,1H3,(H2,15,16);5-6,8-9,13H,3-4,7H2,1-2H3/b3-2-,6-4-;. The minimum atomic E-state index is -0.551. The van der Waals surface area contributed by atoms with Gasteiger partial charge in [0, 0.05) is 11.6 Å². The third kappa shape index (κ3) is 6.87. The summed E-state index contributed by atoms with van der Waals surface area (Å²) in [5.41, 5.74) is 7.67. The second-order valence-corrected chi connectivity index (χ2v) is 6.75. The number of allylic oxidation sites excluding steroid dienone is 3. The van der Waals surface area contributed by atoms with Crippen molar-refractivity contribution in [3.63, 3.8) is 0 Å². The van der Waals surface area contributed by atoms with E-state index in [1.165, 1.54) is 6.21 Å². The molecule has 1 heterocycles. The molecule has 6 heteroatoms. The Balaban J connectivity index is 0.000000229. The molecule has 0 unspecified atom stereocenters. The van der Waals surface area contributed by atoms with Gasteiger partial charge in [-0.1, -0.05) is 43.4 Å². The molecule has 0 radical (unpaired) electrons. The number of hydrogen-bond donors (Lipinski definition) is 2. The second kappa shape index (κ2) is 12.8. The fourth-order valence-corrected chi connectivity index (χ4v) is 2.83. The molecule has 0 spiro atoms. The smallest absolute Gasteiger partial charge is 0.284 e. The van der Waals surface area contributed by atoms with E-state index in [1.54, 1.807) is 6.07 Å². The highest BCUT2D eigenvalue weighted by atomic mass is 16.5. The molecule has 3 N–H and O–H groups in total. The van der Waals surface area contributed by atoms with Crippen molar-refractivity contribution < 1.29 is 18.7 Å². The molecule has 1 amide bonds. The lowest BCUT2D eigenvalue weighted by molar-refractivity contribution is 0.0976. The van der Waals surface area contributed by atoms with Crippen LogP contribution >= 0.6 is 0 Å². The van der Waals surface area contributed by atoms with Gasteiger partial charge in [0.05, 0.1) is 13.2 Å². The van der Waals surface area contributed by atoms with Gasteiger partial charge in [0.2, 0.25) is 0 Å². The average Bonchev–Trinajstić information content (AvgIpc) is 3.25. The lowest BCUT2D eigenvalue weighted by atomic mass is 10.1. The minimum Gasteiger partial charge on any atom is -0.490 e. The summed E-state index contributed by atoms with van der Waals surface area (Å²) in [6.45, 7) is 7.23. The maximum absolute atomic E-state index is 11.0. The molecule has 2 aromatic carbocycles. The van der Waals surface area contributed by atoms with Crippen LogP contribution in [0.5, 0.6) is 11.5 Å². The normalized spacial score (nSPS) is 10.8. The van der Waals surface area contributed by atoms with Crippen LogP contribution in [0.2, 0.25) is 0 Å². The van der Waals surface area contributed by atoms with Crippen LogP contribution in [-0.4, -0.2) is 25.3 Å². The number of furan rings is 1. The van der Waals surface area contributed by atoms with E-state index in [0.29, 0.717) is 24.5 Å². The van der Waals surface area contributed by atoms with Crippen LogP contribution in [0.25, 0.3) is 17.0 Å². The minimum absolute atomic E-state index is 0.187. The van der Waals surface area contributed by atoms with Gasteiger partial charge in [-0.15, -0.1) is 0 Å². The van der Waals surface area contributed by atoms with Crippen LogP contribution in [0.15, 0.2) is 65.1 Å². The SMILES string of the molecule is C/C=C\C=C/c1cccc2oc(C(N)=O)cc12.CCCOc1ccc(C=N)cc1OCC. The van der Waals surface area contributed by atoms with E-state index < -0.39 is 5.91 Å². The predicted molar refractivity (Wildman–Crippen MR) is 130 cm³/mol. The quantitative estimate of drug-likeness (QED) is 0.319. The van der Waals surface area contributed by atoms with Gasteiger partial charge in [-0.2, -0.15) is 0 Å². The van der Waals surface area contributed by atoms with E-state index in [0.717, 1.165) is 28.7 Å². The van der Waals surface area contributed by atoms with Gasteiger partial charge in [0.25, 0.3) is 5.91 Å². The third-order valence-electron chi connectivity index (χ3n) is 4.31. The molecule has 6 nitrogen and oxygen atoms in total. The highest BCUT2D eigenvalue weighted by Crippen LogP contribution is 2.28. The Bertz CT molecular complexity index is 1100. The lowest BCUT2D eigenvalue weighted by Crippen LogP contribution is -2.08. The molecular formula is C26H30N2O4. The highest BCUT2D eigenvalue weighted by molar-refractivity contribution is 5.97. The van der Waals surface area contributed by atoms with Crippen molar-refractivity contribution in [1.29, 1.82) is 5.41 Å². The number of benzene rings is 2. The molecule has 0 saturated heterocycles. The predicted octanol–water partition coefficient (Wildman–Crippen LogP) is 5.99. The Morgan fingerprint density at radius 1 is 1.09 bits per heavy atom. The fourth-order valence-electron chi connectivity index (χ4n) is 2.83. The van der Waals surface area contributed by atoms with Crippen molar-refractivity contribution in [3.05, 3.63) is 77.6 Å². The monoisotopic (exact) mass is 434 g/mol. The van der Waals surface area contributed by atoms with Crippen molar-refractivity contribution in [1.82, 2.24) is 0 Å². The maximum Gasteiger partial charge on any atom is 0.284 e. The first kappa shape index (κ1) is 24.5. The van der Waals surface area contributed by atoms with Crippen LogP contribution in [0, 0.1) is 5.41 Å². The zero-order valence-corrected chi connectivity index (χ0v) is 18.8. The largest absolute Gasteiger partial charge is 0.490 e. The highest BCUT2D eigenvalue weighted by Gasteiger charge is 2.10. The Labute approximate surface area is 188 Å². The molecular weight excluding hydrogens is 404 g/mol. The van der Waals surface area contributed by atoms with Gasteiger partial charge in [0.1, 0.15) is 5.58 Å². The Morgan fingerprint density at radius 3 is 2.56 bits per heavy atom. The molecule has 3 rings (SSSR count). The Kier molecular flexibility index (Phi) is 9.78. The zero-order valence-electron chi connectivity index (χ0n) is 18.8. The van der Waals surface area contributed by atoms with E-state index in [2.05, 4.69) is 6.92 Å². The van der Waals surface area contributed by atoms with Crippen LogP contribution < -0.4 is 15.2 Å². The van der Waals surface area contributed by atoms with Crippen molar-refractivity contribution in [3.8, 4) is 11.5 Å². The number of carbonyl (C=O) groups is 1. The fraction of sp³-hybridized carbons (Fsp3) is 0.231. The van der Waals surface area contributed by atoms with Crippen LogP contribution in [0.4, 0.5) is 0 Å². The summed E-state index contributed by atoms with van der Waals surface area (Å²) in [4.78, 5) is 11.0. The van der Waals surface area contributed by atoms with Crippen molar-refractivity contribution >= 4 is 29.2 Å². The van der Waals surface area contributed by atoms with Crippen molar-refractivity contribution in [2.75, 3.05) is 13.2 Å². The molecule has 3 aromatic rings. The van der Waals surface area contributed by atoms with E-state index in [9.17, 15) is 4.79 Å².